The SMILES string of the molecule is O=c1cc(Cn2cccn2)c2cc(F)ccc2o1. The molecular formula is C13H9FN2O2. The van der Waals surface area contributed by atoms with Crippen LogP contribution in [0.2, 0.25) is 0 Å². The van der Waals surface area contributed by atoms with Crippen molar-refractivity contribution in [3.8, 4) is 0 Å². The van der Waals surface area contributed by atoms with E-state index >= 15 is 0 Å². The van der Waals surface area contributed by atoms with Gasteiger partial charge in [-0.1, -0.05) is 0 Å². The number of hydrogen-bond acceptors (Lipinski definition) is 3. The van der Waals surface area contributed by atoms with Gasteiger partial charge in [-0.2, -0.15) is 5.10 Å². The molecule has 0 unspecified atom stereocenters. The number of rotatable bonds is 2. The quantitative estimate of drug-likeness (QED) is 0.649. The molecule has 4 nitrogen and oxygen atoms in total. The Morgan fingerprint density at radius 3 is 3.00 bits per heavy atom. The molecule has 3 aromatic rings. The first-order valence-corrected chi connectivity index (χ1v) is 5.42. The van der Waals surface area contributed by atoms with Crippen molar-refractivity contribution in [3.05, 3.63) is 64.5 Å². The summed E-state index contributed by atoms with van der Waals surface area (Å²) in [5, 5.41) is 4.65. The third-order valence-electron chi connectivity index (χ3n) is 2.68. The maximum atomic E-state index is 13.3. The van der Waals surface area contributed by atoms with Gasteiger partial charge in [-0.3, -0.25) is 4.68 Å². The monoisotopic (exact) mass is 244 g/mol. The van der Waals surface area contributed by atoms with Crippen LogP contribution in [0.5, 0.6) is 0 Å². The molecule has 3 rings (SSSR count). The summed E-state index contributed by atoms with van der Waals surface area (Å²) < 4.78 is 19.9. The fourth-order valence-corrected chi connectivity index (χ4v) is 1.90. The van der Waals surface area contributed by atoms with Gasteiger partial charge in [0.25, 0.3) is 0 Å². The first kappa shape index (κ1) is 10.7. The van der Waals surface area contributed by atoms with E-state index in [0.717, 1.165) is 0 Å². The van der Waals surface area contributed by atoms with E-state index in [1.165, 1.54) is 24.3 Å². The molecule has 0 saturated heterocycles. The van der Waals surface area contributed by atoms with Crippen LogP contribution in [0.4, 0.5) is 4.39 Å². The van der Waals surface area contributed by atoms with E-state index in [4.69, 9.17) is 4.42 Å². The minimum atomic E-state index is -0.448. The molecule has 0 N–H and O–H groups in total. The number of halogens is 1. The largest absolute Gasteiger partial charge is 0.423 e. The molecule has 90 valence electrons. The zero-order chi connectivity index (χ0) is 12.5. The highest BCUT2D eigenvalue weighted by atomic mass is 19.1. The Kier molecular flexibility index (Phi) is 2.44. The van der Waals surface area contributed by atoms with E-state index in [-0.39, 0.29) is 5.82 Å². The van der Waals surface area contributed by atoms with E-state index < -0.39 is 5.63 Å². The van der Waals surface area contributed by atoms with E-state index in [0.29, 0.717) is 23.1 Å². The van der Waals surface area contributed by atoms with Crippen LogP contribution in [0.25, 0.3) is 11.0 Å². The molecule has 0 bridgehead atoms. The van der Waals surface area contributed by atoms with E-state index in [1.54, 1.807) is 23.1 Å². The second-order valence-corrected chi connectivity index (χ2v) is 3.93. The van der Waals surface area contributed by atoms with Crippen LogP contribution in [0.15, 0.2) is 51.9 Å². The molecule has 0 spiro atoms. The third-order valence-corrected chi connectivity index (χ3v) is 2.68. The van der Waals surface area contributed by atoms with Gasteiger partial charge in [0, 0.05) is 23.8 Å². The lowest BCUT2D eigenvalue weighted by molar-refractivity contribution is 0.553. The minimum Gasteiger partial charge on any atom is -0.423 e. The second-order valence-electron chi connectivity index (χ2n) is 3.93. The molecule has 2 heterocycles. The Labute approximate surface area is 101 Å². The summed E-state index contributed by atoms with van der Waals surface area (Å²) in [6.07, 6.45) is 3.42. The molecule has 0 aliphatic heterocycles. The maximum absolute atomic E-state index is 13.3. The van der Waals surface area contributed by atoms with Gasteiger partial charge in [0.05, 0.1) is 6.54 Å². The molecule has 0 amide bonds. The molecule has 0 aliphatic carbocycles. The second kappa shape index (κ2) is 4.10. The fraction of sp³-hybridized carbons (Fsp3) is 0.0769. The Bertz CT molecular complexity index is 747. The molecule has 1 aromatic carbocycles. The first-order valence-electron chi connectivity index (χ1n) is 5.42. The highest BCUT2D eigenvalue weighted by molar-refractivity contribution is 5.80. The molecule has 0 fully saturated rings. The van der Waals surface area contributed by atoms with Crippen molar-refractivity contribution < 1.29 is 8.81 Å². The predicted molar refractivity (Wildman–Crippen MR) is 63.8 cm³/mol. The van der Waals surface area contributed by atoms with Crippen LogP contribution in [0, 0.1) is 5.82 Å². The average Bonchev–Trinajstić information content (AvgIpc) is 2.83. The van der Waals surface area contributed by atoms with Crippen molar-refractivity contribution >= 4 is 11.0 Å². The van der Waals surface area contributed by atoms with Gasteiger partial charge in [-0.15, -0.1) is 0 Å². The van der Waals surface area contributed by atoms with Crippen molar-refractivity contribution in [2.45, 2.75) is 6.54 Å². The lowest BCUT2D eigenvalue weighted by Gasteiger charge is -2.05. The third kappa shape index (κ3) is 1.90. The molecule has 0 atom stereocenters. The summed E-state index contributed by atoms with van der Waals surface area (Å²) >= 11 is 0. The molecule has 18 heavy (non-hydrogen) atoms. The Morgan fingerprint density at radius 1 is 1.33 bits per heavy atom. The standard InChI is InChI=1S/C13H9FN2O2/c14-10-2-3-12-11(7-10)9(6-13(17)18-12)8-16-5-1-4-15-16/h1-7H,8H2. The Morgan fingerprint density at radius 2 is 2.22 bits per heavy atom. The van der Waals surface area contributed by atoms with Crippen LogP contribution in [-0.2, 0) is 6.54 Å². The summed E-state index contributed by atoms with van der Waals surface area (Å²) in [4.78, 5) is 11.4. The number of hydrogen-bond donors (Lipinski definition) is 0. The zero-order valence-corrected chi connectivity index (χ0v) is 9.34. The van der Waals surface area contributed by atoms with Crippen LogP contribution in [0.1, 0.15) is 5.56 Å². The molecular weight excluding hydrogens is 235 g/mol. The van der Waals surface area contributed by atoms with Crippen molar-refractivity contribution in [3.63, 3.8) is 0 Å². The molecule has 0 saturated carbocycles. The Hall–Kier alpha value is -2.43. The number of fused-ring (bicyclic) bond motifs is 1. The van der Waals surface area contributed by atoms with Gasteiger partial charge in [-0.05, 0) is 29.8 Å². The summed E-state index contributed by atoms with van der Waals surface area (Å²) in [6, 6.07) is 7.23. The van der Waals surface area contributed by atoms with Gasteiger partial charge in [0.15, 0.2) is 0 Å². The molecule has 0 radical (unpaired) electrons. The maximum Gasteiger partial charge on any atom is 0.336 e. The summed E-state index contributed by atoms with van der Waals surface area (Å²) in [7, 11) is 0. The lowest BCUT2D eigenvalue weighted by Crippen LogP contribution is -2.06. The van der Waals surface area contributed by atoms with Gasteiger partial charge in [0.1, 0.15) is 11.4 Å². The van der Waals surface area contributed by atoms with Crippen molar-refractivity contribution in [2.75, 3.05) is 0 Å². The van der Waals surface area contributed by atoms with Gasteiger partial charge >= 0.3 is 5.63 Å². The number of nitrogens with zero attached hydrogens (tertiary/aromatic N) is 2. The smallest absolute Gasteiger partial charge is 0.336 e. The van der Waals surface area contributed by atoms with Gasteiger partial charge < -0.3 is 4.42 Å². The van der Waals surface area contributed by atoms with Gasteiger partial charge in [0.2, 0.25) is 0 Å². The van der Waals surface area contributed by atoms with Gasteiger partial charge in [-0.25, -0.2) is 9.18 Å². The van der Waals surface area contributed by atoms with E-state index in [1.807, 2.05) is 0 Å². The predicted octanol–water partition coefficient (Wildman–Crippen LogP) is 2.18. The molecule has 2 aromatic heterocycles. The van der Waals surface area contributed by atoms with Crippen LogP contribution in [-0.4, -0.2) is 9.78 Å². The summed E-state index contributed by atoms with van der Waals surface area (Å²) in [5.74, 6) is -0.363. The highest BCUT2D eigenvalue weighted by Crippen LogP contribution is 2.18. The van der Waals surface area contributed by atoms with E-state index in [9.17, 15) is 9.18 Å². The summed E-state index contributed by atoms with van der Waals surface area (Å²) in [6.45, 7) is 0.401. The van der Waals surface area contributed by atoms with Crippen LogP contribution >= 0.6 is 0 Å². The topological polar surface area (TPSA) is 48.0 Å². The number of aromatic nitrogens is 2. The molecule has 5 heteroatoms. The number of benzene rings is 1. The normalized spacial score (nSPS) is 10.9. The fourth-order valence-electron chi connectivity index (χ4n) is 1.90. The van der Waals surface area contributed by atoms with Crippen LogP contribution < -0.4 is 5.63 Å². The van der Waals surface area contributed by atoms with Crippen molar-refractivity contribution in [1.82, 2.24) is 9.78 Å². The zero-order valence-electron chi connectivity index (χ0n) is 9.34. The summed E-state index contributed by atoms with van der Waals surface area (Å²) in [5.41, 5.74) is 0.617. The highest BCUT2D eigenvalue weighted by Gasteiger charge is 2.07. The van der Waals surface area contributed by atoms with Crippen molar-refractivity contribution in [1.29, 1.82) is 0 Å². The van der Waals surface area contributed by atoms with Crippen molar-refractivity contribution in [2.24, 2.45) is 0 Å². The molecule has 0 aliphatic rings. The Balaban J connectivity index is 2.20. The lowest BCUT2D eigenvalue weighted by atomic mass is 10.1. The van der Waals surface area contributed by atoms with Crippen LogP contribution in [0.3, 0.4) is 0 Å². The minimum absolute atomic E-state index is 0.363. The van der Waals surface area contributed by atoms with E-state index in [2.05, 4.69) is 5.10 Å². The average molecular weight is 244 g/mol. The first-order chi connectivity index (χ1) is 8.72.